The predicted octanol–water partition coefficient (Wildman–Crippen LogP) is -0.537. The summed E-state index contributed by atoms with van der Waals surface area (Å²) >= 11 is -2.27. The van der Waals surface area contributed by atoms with Crippen LogP contribution in [0.25, 0.3) is 0 Å². The van der Waals surface area contributed by atoms with Crippen LogP contribution < -0.4 is 0 Å². The van der Waals surface area contributed by atoms with Crippen molar-refractivity contribution in [2.45, 2.75) is 0 Å². The summed E-state index contributed by atoms with van der Waals surface area (Å²) in [6.07, 6.45) is 0. The Bertz CT molecular complexity index is 27.0. The molecule has 0 aromatic heterocycles. The first-order valence-electron chi connectivity index (χ1n) is 0.408. The van der Waals surface area contributed by atoms with Crippen LogP contribution in [0.2, 0.25) is 0 Å². The summed E-state index contributed by atoms with van der Waals surface area (Å²) in [5, 5.41) is 0. The zero-order chi connectivity index (χ0) is 2.71. The third-order valence-electron chi connectivity index (χ3n) is 0. The van der Waals surface area contributed by atoms with Crippen LogP contribution in [0.5, 0.6) is 0 Å². The molecule has 4 radical (unpaired) electrons. The molecular formula is CO2Sn. The molecule has 0 fully saturated rings. The van der Waals surface area contributed by atoms with Crippen molar-refractivity contribution >= 4 is 21.1 Å². The van der Waals surface area contributed by atoms with Gasteiger partial charge >= 0.3 is 27.3 Å². The first-order valence-corrected chi connectivity index (χ1v) is 2.74. The van der Waals surface area contributed by atoms with E-state index in [0.29, 0.717) is 0 Å². The molecule has 4 heavy (non-hydrogen) atoms. The van der Waals surface area contributed by atoms with E-state index in [4.69, 9.17) is 6.15 Å². The number of rotatable bonds is 0. The fourth-order valence-electron chi connectivity index (χ4n) is 0. The quantitative estimate of drug-likeness (QED) is 0.449. The SMILES string of the molecule is [C].[O]=[Sn]=[O]. The Morgan fingerprint density at radius 3 is 1.25 bits per heavy atom. The van der Waals surface area contributed by atoms with E-state index in [1.165, 1.54) is 0 Å². The van der Waals surface area contributed by atoms with Gasteiger partial charge in [-0.05, 0) is 0 Å². The Balaban J connectivity index is 0. The Morgan fingerprint density at radius 2 is 1.25 bits per heavy atom. The van der Waals surface area contributed by atoms with Crippen molar-refractivity contribution in [3.05, 3.63) is 7.43 Å². The van der Waals surface area contributed by atoms with Crippen molar-refractivity contribution in [2.24, 2.45) is 0 Å². The molecule has 0 aromatic carbocycles. The molecule has 0 rings (SSSR count). The van der Waals surface area contributed by atoms with E-state index in [1.54, 1.807) is 0 Å². The Labute approximate surface area is 35.2 Å². The van der Waals surface area contributed by atoms with Crippen molar-refractivity contribution in [3.63, 3.8) is 0 Å². The normalized spacial score (nSPS) is 2.00. The van der Waals surface area contributed by atoms with Gasteiger partial charge < -0.3 is 0 Å². The van der Waals surface area contributed by atoms with E-state index in [-0.39, 0.29) is 7.43 Å². The summed E-state index contributed by atoms with van der Waals surface area (Å²) in [5.41, 5.74) is 0. The predicted molar refractivity (Wildman–Crippen MR) is 10.4 cm³/mol. The molecular weight excluding hydrogens is 163 g/mol. The molecule has 0 N–H and O–H groups in total. The summed E-state index contributed by atoms with van der Waals surface area (Å²) in [7, 11) is 0. The first-order chi connectivity index (χ1) is 1.41. The molecule has 3 heteroatoms. The third-order valence-corrected chi connectivity index (χ3v) is 0. The maximum atomic E-state index is 8.54. The molecule has 0 aliphatic rings. The van der Waals surface area contributed by atoms with Gasteiger partial charge in [-0.2, -0.15) is 0 Å². The van der Waals surface area contributed by atoms with E-state index < -0.39 is 21.1 Å². The van der Waals surface area contributed by atoms with Crippen LogP contribution in [0, 0.1) is 7.43 Å². The summed E-state index contributed by atoms with van der Waals surface area (Å²) in [6.45, 7) is 0. The van der Waals surface area contributed by atoms with E-state index in [0.717, 1.165) is 0 Å². The van der Waals surface area contributed by atoms with Crippen LogP contribution in [0.3, 0.4) is 0 Å². The Hall–Kier alpha value is 0.399. The van der Waals surface area contributed by atoms with Crippen molar-refractivity contribution < 1.29 is 6.15 Å². The summed E-state index contributed by atoms with van der Waals surface area (Å²) in [6, 6.07) is 0. The van der Waals surface area contributed by atoms with E-state index in [9.17, 15) is 0 Å². The third kappa shape index (κ3) is 29.5. The summed E-state index contributed by atoms with van der Waals surface area (Å²) < 4.78 is 17.1. The van der Waals surface area contributed by atoms with Crippen LogP contribution >= 0.6 is 0 Å². The van der Waals surface area contributed by atoms with Crippen molar-refractivity contribution in [3.8, 4) is 0 Å². The second-order valence-electron chi connectivity index (χ2n) is 0.0833. The Kier molecular flexibility index (Phi) is 22.1. The summed E-state index contributed by atoms with van der Waals surface area (Å²) in [4.78, 5) is 0. The molecule has 0 aliphatic carbocycles. The van der Waals surface area contributed by atoms with Gasteiger partial charge in [-0.1, -0.05) is 0 Å². The monoisotopic (exact) mass is 164 g/mol. The van der Waals surface area contributed by atoms with Gasteiger partial charge in [0.15, 0.2) is 0 Å². The van der Waals surface area contributed by atoms with Crippen molar-refractivity contribution in [1.29, 1.82) is 0 Å². The van der Waals surface area contributed by atoms with Gasteiger partial charge in [0.2, 0.25) is 0 Å². The van der Waals surface area contributed by atoms with Gasteiger partial charge in [-0.3, -0.25) is 0 Å². The second kappa shape index (κ2) is 10.00. The van der Waals surface area contributed by atoms with Gasteiger partial charge in [0.1, 0.15) is 0 Å². The number of hydrogen-bond acceptors (Lipinski definition) is 2. The van der Waals surface area contributed by atoms with Gasteiger partial charge in [-0.15, -0.1) is 0 Å². The summed E-state index contributed by atoms with van der Waals surface area (Å²) in [5.74, 6) is 0. The van der Waals surface area contributed by atoms with Gasteiger partial charge in [0, 0.05) is 7.43 Å². The molecule has 0 aliphatic heterocycles. The zero-order valence-electron chi connectivity index (χ0n) is 1.82. The fraction of sp³-hybridized carbons (Fsp3) is 0. The van der Waals surface area contributed by atoms with E-state index >= 15 is 0 Å². The molecule has 0 spiro atoms. The molecule has 2 nitrogen and oxygen atoms in total. The van der Waals surface area contributed by atoms with Crippen molar-refractivity contribution in [2.75, 3.05) is 0 Å². The van der Waals surface area contributed by atoms with E-state index in [2.05, 4.69) is 0 Å². The first kappa shape index (κ1) is 8.83. The molecule has 0 aromatic rings. The van der Waals surface area contributed by atoms with Crippen molar-refractivity contribution in [1.82, 2.24) is 0 Å². The van der Waals surface area contributed by atoms with Crippen LogP contribution in [-0.2, 0) is 6.15 Å². The molecule has 0 atom stereocenters. The molecule has 0 saturated heterocycles. The average Bonchev–Trinajstić information content (AvgIpc) is 0.918. The molecule has 0 heterocycles. The van der Waals surface area contributed by atoms with Gasteiger partial charge in [0.25, 0.3) is 0 Å². The maximum absolute atomic E-state index is 8.54. The fourth-order valence-corrected chi connectivity index (χ4v) is 0. The molecule has 20 valence electrons. The minimum atomic E-state index is -2.27. The molecule has 0 unspecified atom stereocenters. The van der Waals surface area contributed by atoms with Crippen LogP contribution in [-0.4, -0.2) is 21.1 Å². The average molecular weight is 163 g/mol. The number of hydrogen-bond donors (Lipinski definition) is 0. The molecule has 0 bridgehead atoms. The standard InChI is InChI=1S/C.2O.Sn. The topological polar surface area (TPSA) is 34.1 Å². The van der Waals surface area contributed by atoms with Crippen LogP contribution in [0.15, 0.2) is 0 Å². The molecule has 0 saturated carbocycles. The van der Waals surface area contributed by atoms with Gasteiger partial charge in [-0.25, -0.2) is 0 Å². The Morgan fingerprint density at radius 1 is 1.25 bits per heavy atom. The van der Waals surface area contributed by atoms with Crippen LogP contribution in [0.1, 0.15) is 0 Å². The van der Waals surface area contributed by atoms with E-state index in [1.807, 2.05) is 0 Å². The second-order valence-corrected chi connectivity index (χ2v) is 0.559. The molecule has 0 amide bonds. The minimum absolute atomic E-state index is 0. The zero-order valence-corrected chi connectivity index (χ0v) is 4.67. The van der Waals surface area contributed by atoms with Crippen LogP contribution in [0.4, 0.5) is 0 Å². The van der Waals surface area contributed by atoms with Gasteiger partial charge in [0.05, 0.1) is 0 Å².